The summed E-state index contributed by atoms with van der Waals surface area (Å²) < 4.78 is 19.5. The summed E-state index contributed by atoms with van der Waals surface area (Å²) in [7, 11) is 0. The lowest BCUT2D eigenvalue weighted by atomic mass is 9.97. The summed E-state index contributed by atoms with van der Waals surface area (Å²) in [5, 5.41) is 5.62. The Labute approximate surface area is 151 Å². The predicted octanol–water partition coefficient (Wildman–Crippen LogP) is 3.43. The van der Waals surface area contributed by atoms with Crippen LogP contribution in [0.3, 0.4) is 0 Å². The molecular weight excluding hydrogens is 335 g/mol. The molecule has 136 valence electrons. The molecule has 0 aliphatic carbocycles. The number of halogens is 1. The number of benzene rings is 2. The Bertz CT molecular complexity index is 792. The summed E-state index contributed by atoms with van der Waals surface area (Å²) in [6.07, 6.45) is 1.41. The molecule has 1 saturated heterocycles. The van der Waals surface area contributed by atoms with Crippen LogP contribution in [0.2, 0.25) is 0 Å². The van der Waals surface area contributed by atoms with E-state index in [4.69, 9.17) is 4.74 Å². The van der Waals surface area contributed by atoms with Crippen LogP contribution in [-0.4, -0.2) is 24.5 Å². The maximum Gasteiger partial charge on any atom is 0.258 e. The van der Waals surface area contributed by atoms with Crippen LogP contribution in [0.15, 0.2) is 48.5 Å². The molecule has 1 heterocycles. The van der Waals surface area contributed by atoms with Crippen molar-refractivity contribution < 1.29 is 18.7 Å². The molecule has 3 rings (SSSR count). The first-order valence-corrected chi connectivity index (χ1v) is 8.57. The highest BCUT2D eigenvalue weighted by atomic mass is 19.1. The number of amides is 2. The first-order chi connectivity index (χ1) is 12.5. The number of carbonyl (C=O) groups is 2. The van der Waals surface area contributed by atoms with E-state index >= 15 is 0 Å². The van der Waals surface area contributed by atoms with E-state index in [0.717, 1.165) is 12.0 Å². The molecule has 1 aliphatic heterocycles. The molecule has 26 heavy (non-hydrogen) atoms. The van der Waals surface area contributed by atoms with Crippen molar-refractivity contribution in [2.75, 3.05) is 11.9 Å². The monoisotopic (exact) mass is 356 g/mol. The molecule has 2 aromatic carbocycles. The lowest BCUT2D eigenvalue weighted by Gasteiger charge is -2.30. The van der Waals surface area contributed by atoms with E-state index in [0.29, 0.717) is 18.7 Å². The lowest BCUT2D eigenvalue weighted by Crippen LogP contribution is -2.38. The summed E-state index contributed by atoms with van der Waals surface area (Å²) in [6, 6.07) is 13.2. The van der Waals surface area contributed by atoms with Crippen LogP contribution in [0.4, 0.5) is 10.1 Å². The second kappa shape index (κ2) is 8.10. The van der Waals surface area contributed by atoms with Crippen LogP contribution in [0, 0.1) is 5.82 Å². The van der Waals surface area contributed by atoms with Crippen LogP contribution >= 0.6 is 0 Å². The second-order valence-electron chi connectivity index (χ2n) is 6.34. The van der Waals surface area contributed by atoms with Crippen LogP contribution in [-0.2, 0) is 9.53 Å². The summed E-state index contributed by atoms with van der Waals surface area (Å²) >= 11 is 0. The van der Waals surface area contributed by atoms with Gasteiger partial charge in [-0.05, 0) is 42.7 Å². The molecule has 0 aromatic heterocycles. The maximum atomic E-state index is 13.7. The zero-order chi connectivity index (χ0) is 18.5. The van der Waals surface area contributed by atoms with Gasteiger partial charge in [-0.25, -0.2) is 4.39 Å². The fourth-order valence-electron chi connectivity index (χ4n) is 3.07. The molecule has 0 saturated carbocycles. The Hall–Kier alpha value is -2.73. The minimum atomic E-state index is -0.554. The number of anilines is 1. The second-order valence-corrected chi connectivity index (χ2v) is 6.34. The molecular formula is C20H21FN2O3. The van der Waals surface area contributed by atoms with Gasteiger partial charge in [0.15, 0.2) is 0 Å². The highest BCUT2D eigenvalue weighted by Crippen LogP contribution is 2.29. The first kappa shape index (κ1) is 18.1. The third-order valence-corrected chi connectivity index (χ3v) is 4.35. The average Bonchev–Trinajstić information content (AvgIpc) is 2.62. The maximum absolute atomic E-state index is 13.7. The summed E-state index contributed by atoms with van der Waals surface area (Å²) in [4.78, 5) is 23.4. The standard InChI is InChI=1S/C20H21FN2O3/c1-13(24)22-16-10-11-26-19(12-16)14-6-8-15(9-7-14)23-20(25)17-4-2-3-5-18(17)21/h2-9,16,19H,10-12H2,1H3,(H,22,24)(H,23,25)/t16-,19+/m1/s1. The number of rotatable bonds is 4. The van der Waals surface area contributed by atoms with E-state index in [2.05, 4.69) is 10.6 Å². The summed E-state index contributed by atoms with van der Waals surface area (Å²) in [5.41, 5.74) is 1.56. The van der Waals surface area contributed by atoms with Crippen molar-refractivity contribution in [2.24, 2.45) is 0 Å². The van der Waals surface area contributed by atoms with Gasteiger partial charge in [0.1, 0.15) is 5.82 Å². The van der Waals surface area contributed by atoms with Gasteiger partial charge in [0.2, 0.25) is 5.91 Å². The third-order valence-electron chi connectivity index (χ3n) is 4.35. The van der Waals surface area contributed by atoms with Crippen molar-refractivity contribution in [3.8, 4) is 0 Å². The predicted molar refractivity (Wildman–Crippen MR) is 96.3 cm³/mol. The van der Waals surface area contributed by atoms with Crippen molar-refractivity contribution in [2.45, 2.75) is 31.9 Å². The lowest BCUT2D eigenvalue weighted by molar-refractivity contribution is -0.120. The number of ether oxygens (including phenoxy) is 1. The molecule has 0 spiro atoms. The molecule has 2 atom stereocenters. The van der Waals surface area contributed by atoms with Crippen LogP contribution in [0.1, 0.15) is 41.8 Å². The quantitative estimate of drug-likeness (QED) is 0.882. The zero-order valence-corrected chi connectivity index (χ0v) is 14.5. The highest BCUT2D eigenvalue weighted by Gasteiger charge is 2.24. The van der Waals surface area contributed by atoms with Crippen molar-refractivity contribution in [1.29, 1.82) is 0 Å². The smallest absolute Gasteiger partial charge is 0.258 e. The van der Waals surface area contributed by atoms with Gasteiger partial charge in [-0.1, -0.05) is 24.3 Å². The number of hydrogen-bond donors (Lipinski definition) is 2. The molecule has 2 N–H and O–H groups in total. The fourth-order valence-corrected chi connectivity index (χ4v) is 3.07. The zero-order valence-electron chi connectivity index (χ0n) is 14.5. The average molecular weight is 356 g/mol. The molecule has 0 radical (unpaired) electrons. The van der Waals surface area contributed by atoms with Crippen molar-refractivity contribution in [1.82, 2.24) is 5.32 Å². The summed E-state index contributed by atoms with van der Waals surface area (Å²) in [6.45, 7) is 2.10. The van der Waals surface area contributed by atoms with Gasteiger partial charge < -0.3 is 15.4 Å². The van der Waals surface area contributed by atoms with Crippen LogP contribution in [0.5, 0.6) is 0 Å². The van der Waals surface area contributed by atoms with Gasteiger partial charge in [0, 0.05) is 25.3 Å². The normalized spacial score (nSPS) is 19.6. The number of hydrogen-bond acceptors (Lipinski definition) is 3. The molecule has 5 nitrogen and oxygen atoms in total. The first-order valence-electron chi connectivity index (χ1n) is 8.57. The SMILES string of the molecule is CC(=O)N[C@@H]1CCO[C@H](c2ccc(NC(=O)c3ccccc3F)cc2)C1. The highest BCUT2D eigenvalue weighted by molar-refractivity contribution is 6.04. The Balaban J connectivity index is 1.64. The van der Waals surface area contributed by atoms with Crippen molar-refractivity contribution in [3.63, 3.8) is 0 Å². The van der Waals surface area contributed by atoms with Gasteiger partial charge in [0.05, 0.1) is 11.7 Å². The van der Waals surface area contributed by atoms with Crippen LogP contribution in [0.25, 0.3) is 0 Å². The van der Waals surface area contributed by atoms with E-state index in [1.807, 2.05) is 12.1 Å². The number of carbonyl (C=O) groups excluding carboxylic acids is 2. The van der Waals surface area contributed by atoms with Crippen LogP contribution < -0.4 is 10.6 Å². The van der Waals surface area contributed by atoms with Gasteiger partial charge in [-0.2, -0.15) is 0 Å². The molecule has 1 aliphatic rings. The van der Waals surface area contributed by atoms with Crippen molar-refractivity contribution in [3.05, 3.63) is 65.5 Å². The minimum absolute atomic E-state index is 0.00494. The molecule has 2 amide bonds. The molecule has 1 fully saturated rings. The summed E-state index contributed by atoms with van der Waals surface area (Å²) in [5.74, 6) is -1.08. The molecule has 0 unspecified atom stereocenters. The Morgan fingerprint density at radius 1 is 1.12 bits per heavy atom. The third kappa shape index (κ3) is 4.46. The largest absolute Gasteiger partial charge is 0.373 e. The van der Waals surface area contributed by atoms with Gasteiger partial charge in [-0.15, -0.1) is 0 Å². The Kier molecular flexibility index (Phi) is 5.63. The molecule has 6 heteroatoms. The number of nitrogens with one attached hydrogen (secondary N) is 2. The van der Waals surface area contributed by atoms with E-state index in [1.165, 1.54) is 19.1 Å². The van der Waals surface area contributed by atoms with E-state index in [-0.39, 0.29) is 23.6 Å². The molecule has 0 bridgehead atoms. The fraction of sp³-hybridized carbons (Fsp3) is 0.300. The topological polar surface area (TPSA) is 67.4 Å². The Morgan fingerprint density at radius 3 is 2.54 bits per heavy atom. The van der Waals surface area contributed by atoms with E-state index < -0.39 is 11.7 Å². The van der Waals surface area contributed by atoms with Gasteiger partial charge in [0.25, 0.3) is 5.91 Å². The van der Waals surface area contributed by atoms with E-state index in [1.54, 1.807) is 24.3 Å². The van der Waals surface area contributed by atoms with Gasteiger partial charge >= 0.3 is 0 Å². The van der Waals surface area contributed by atoms with Gasteiger partial charge in [-0.3, -0.25) is 9.59 Å². The minimum Gasteiger partial charge on any atom is -0.373 e. The Morgan fingerprint density at radius 2 is 1.85 bits per heavy atom. The molecule has 2 aromatic rings. The van der Waals surface area contributed by atoms with E-state index in [9.17, 15) is 14.0 Å². The van der Waals surface area contributed by atoms with Crippen molar-refractivity contribution >= 4 is 17.5 Å².